The van der Waals surface area contributed by atoms with Crippen molar-refractivity contribution in [2.45, 2.75) is 252 Å². The van der Waals surface area contributed by atoms with Crippen LogP contribution in [0, 0.1) is 6.92 Å². The summed E-state index contributed by atoms with van der Waals surface area (Å²) >= 11 is 0. The first-order valence-electron chi connectivity index (χ1n) is 22.6. The topological polar surface area (TPSA) is 18.5 Å². The molecule has 2 heteroatoms. The molecule has 0 heterocycles. The molecule has 0 aliphatic carbocycles. The van der Waals surface area contributed by atoms with Gasteiger partial charge in [-0.2, -0.15) is 0 Å². The molecule has 1 aromatic carbocycles. The standard InChI is InChI=1S/C47H88O2/c1-4-6-8-10-12-14-16-18-20-22-24-26-28-30-32-34-36-38-40-48-46-42-45(3)43-47(44-46)49-41-39-37-35-33-31-29-27-25-23-21-19-17-15-13-11-9-7-5-2/h42-44H,4-41H2,1-3H3. The second-order valence-electron chi connectivity index (χ2n) is 15.7. The summed E-state index contributed by atoms with van der Waals surface area (Å²) in [6, 6.07) is 6.40. The predicted molar refractivity (Wildman–Crippen MR) is 220 cm³/mol. The van der Waals surface area contributed by atoms with Gasteiger partial charge in [-0.3, -0.25) is 0 Å². The quantitative estimate of drug-likeness (QED) is 0.0641. The van der Waals surface area contributed by atoms with Gasteiger partial charge in [0, 0.05) is 6.07 Å². The summed E-state index contributed by atoms with van der Waals surface area (Å²) in [5.74, 6) is 1.94. The summed E-state index contributed by atoms with van der Waals surface area (Å²) in [4.78, 5) is 0. The number of benzene rings is 1. The first kappa shape index (κ1) is 45.8. The lowest BCUT2D eigenvalue weighted by Crippen LogP contribution is -2.00. The van der Waals surface area contributed by atoms with Crippen LogP contribution in [0.4, 0.5) is 0 Å². The number of aryl methyl sites for hydroxylation is 1. The van der Waals surface area contributed by atoms with E-state index >= 15 is 0 Å². The fourth-order valence-corrected chi connectivity index (χ4v) is 7.27. The maximum absolute atomic E-state index is 6.12. The van der Waals surface area contributed by atoms with E-state index in [4.69, 9.17) is 9.47 Å². The zero-order valence-electron chi connectivity index (χ0n) is 33.9. The van der Waals surface area contributed by atoms with E-state index in [0.29, 0.717) is 0 Å². The van der Waals surface area contributed by atoms with Gasteiger partial charge in [-0.25, -0.2) is 0 Å². The third kappa shape index (κ3) is 33.7. The molecule has 0 aliphatic rings. The van der Waals surface area contributed by atoms with Crippen LogP contribution in [-0.2, 0) is 0 Å². The minimum atomic E-state index is 0.820. The molecule has 0 fully saturated rings. The first-order valence-corrected chi connectivity index (χ1v) is 22.6. The van der Waals surface area contributed by atoms with E-state index in [0.717, 1.165) is 37.6 Å². The highest BCUT2D eigenvalue weighted by Gasteiger charge is 2.03. The Morgan fingerprint density at radius 2 is 0.490 bits per heavy atom. The van der Waals surface area contributed by atoms with Crippen molar-refractivity contribution in [2.24, 2.45) is 0 Å². The van der Waals surface area contributed by atoms with Crippen LogP contribution in [0.15, 0.2) is 18.2 Å². The highest BCUT2D eigenvalue weighted by atomic mass is 16.5. The van der Waals surface area contributed by atoms with Gasteiger partial charge in [0.15, 0.2) is 0 Å². The van der Waals surface area contributed by atoms with Crippen molar-refractivity contribution in [3.8, 4) is 11.5 Å². The lowest BCUT2D eigenvalue weighted by molar-refractivity contribution is 0.289. The Morgan fingerprint density at radius 3 is 0.714 bits per heavy atom. The minimum Gasteiger partial charge on any atom is -0.493 e. The van der Waals surface area contributed by atoms with Gasteiger partial charge in [-0.15, -0.1) is 0 Å². The van der Waals surface area contributed by atoms with Crippen LogP contribution < -0.4 is 9.47 Å². The molecule has 0 radical (unpaired) electrons. The molecule has 0 amide bonds. The Labute approximate surface area is 309 Å². The molecule has 1 aromatic rings. The van der Waals surface area contributed by atoms with Crippen LogP contribution in [0.2, 0.25) is 0 Å². The second kappa shape index (κ2) is 38.1. The molecule has 2 nitrogen and oxygen atoms in total. The molecular weight excluding hydrogens is 597 g/mol. The van der Waals surface area contributed by atoms with E-state index in [1.807, 2.05) is 0 Å². The normalized spacial score (nSPS) is 11.4. The summed E-state index contributed by atoms with van der Waals surface area (Å²) in [5, 5.41) is 0. The van der Waals surface area contributed by atoms with Gasteiger partial charge in [0.25, 0.3) is 0 Å². The molecule has 0 spiro atoms. The van der Waals surface area contributed by atoms with E-state index in [1.54, 1.807) is 0 Å². The van der Waals surface area contributed by atoms with Crippen LogP contribution in [0.25, 0.3) is 0 Å². The molecule has 0 N–H and O–H groups in total. The molecule has 0 saturated carbocycles. The van der Waals surface area contributed by atoms with Gasteiger partial charge < -0.3 is 9.47 Å². The van der Waals surface area contributed by atoms with Gasteiger partial charge >= 0.3 is 0 Å². The smallest absolute Gasteiger partial charge is 0.123 e. The van der Waals surface area contributed by atoms with Gasteiger partial charge in [0.1, 0.15) is 11.5 Å². The van der Waals surface area contributed by atoms with Crippen LogP contribution >= 0.6 is 0 Å². The number of ether oxygens (including phenoxy) is 2. The summed E-state index contributed by atoms with van der Waals surface area (Å²) in [5.41, 5.74) is 1.23. The van der Waals surface area contributed by atoms with E-state index in [1.165, 1.54) is 224 Å². The number of unbranched alkanes of at least 4 members (excludes halogenated alkanes) is 34. The van der Waals surface area contributed by atoms with E-state index in [-0.39, 0.29) is 0 Å². The molecule has 288 valence electrons. The lowest BCUT2D eigenvalue weighted by Gasteiger charge is -2.11. The zero-order chi connectivity index (χ0) is 35.1. The summed E-state index contributed by atoms with van der Waals surface area (Å²) < 4.78 is 12.2. The van der Waals surface area contributed by atoms with Crippen molar-refractivity contribution in [3.05, 3.63) is 23.8 Å². The maximum atomic E-state index is 6.12. The van der Waals surface area contributed by atoms with Crippen LogP contribution in [0.3, 0.4) is 0 Å². The van der Waals surface area contributed by atoms with Crippen molar-refractivity contribution < 1.29 is 9.47 Å². The molecule has 0 aromatic heterocycles. The van der Waals surface area contributed by atoms with Gasteiger partial charge in [0.05, 0.1) is 13.2 Å². The van der Waals surface area contributed by atoms with E-state index in [2.05, 4.69) is 39.0 Å². The zero-order valence-corrected chi connectivity index (χ0v) is 33.9. The average Bonchev–Trinajstić information content (AvgIpc) is 3.10. The van der Waals surface area contributed by atoms with Crippen molar-refractivity contribution in [3.63, 3.8) is 0 Å². The second-order valence-corrected chi connectivity index (χ2v) is 15.7. The van der Waals surface area contributed by atoms with Crippen molar-refractivity contribution in [2.75, 3.05) is 13.2 Å². The third-order valence-electron chi connectivity index (χ3n) is 10.6. The highest BCUT2D eigenvalue weighted by Crippen LogP contribution is 2.24. The average molecular weight is 685 g/mol. The van der Waals surface area contributed by atoms with Gasteiger partial charge in [-0.1, -0.05) is 232 Å². The molecule has 0 atom stereocenters. The summed E-state index contributed by atoms with van der Waals surface area (Å²) in [6.07, 6.45) is 50.8. The summed E-state index contributed by atoms with van der Waals surface area (Å²) in [6.45, 7) is 8.39. The highest BCUT2D eigenvalue weighted by molar-refractivity contribution is 5.37. The minimum absolute atomic E-state index is 0.820. The Kier molecular flexibility index (Phi) is 35.6. The Bertz CT molecular complexity index is 713. The largest absolute Gasteiger partial charge is 0.493 e. The molecular formula is C47H88O2. The van der Waals surface area contributed by atoms with Crippen molar-refractivity contribution in [1.82, 2.24) is 0 Å². The molecule has 0 bridgehead atoms. The number of hydrogen-bond donors (Lipinski definition) is 0. The third-order valence-corrected chi connectivity index (χ3v) is 10.6. The molecule has 0 aliphatic heterocycles. The van der Waals surface area contributed by atoms with Crippen LogP contribution in [-0.4, -0.2) is 13.2 Å². The Hall–Kier alpha value is -1.18. The number of rotatable bonds is 40. The lowest BCUT2D eigenvalue weighted by atomic mass is 10.0. The molecule has 1 rings (SSSR count). The fourth-order valence-electron chi connectivity index (χ4n) is 7.27. The van der Waals surface area contributed by atoms with Crippen molar-refractivity contribution in [1.29, 1.82) is 0 Å². The van der Waals surface area contributed by atoms with Crippen LogP contribution in [0.5, 0.6) is 11.5 Å². The number of hydrogen-bond acceptors (Lipinski definition) is 2. The van der Waals surface area contributed by atoms with Crippen LogP contribution in [0.1, 0.15) is 251 Å². The van der Waals surface area contributed by atoms with E-state index in [9.17, 15) is 0 Å². The van der Waals surface area contributed by atoms with E-state index < -0.39 is 0 Å². The molecule has 0 unspecified atom stereocenters. The molecule has 49 heavy (non-hydrogen) atoms. The van der Waals surface area contributed by atoms with Crippen molar-refractivity contribution >= 4 is 0 Å². The first-order chi connectivity index (χ1) is 24.3. The Balaban J connectivity index is 1.86. The Morgan fingerprint density at radius 1 is 0.286 bits per heavy atom. The summed E-state index contributed by atoms with van der Waals surface area (Å²) in [7, 11) is 0. The van der Waals surface area contributed by atoms with Gasteiger partial charge in [0.2, 0.25) is 0 Å². The fraction of sp³-hybridized carbons (Fsp3) is 0.872. The predicted octanol–water partition coefficient (Wildman–Crippen LogP) is 16.8. The SMILES string of the molecule is CCCCCCCCCCCCCCCCCCCCOc1cc(C)cc(OCCCCCCCCCCCCCCCCCCCC)c1. The molecule has 0 saturated heterocycles. The maximum Gasteiger partial charge on any atom is 0.123 e. The van der Waals surface area contributed by atoms with Gasteiger partial charge in [-0.05, 0) is 37.5 Å². The monoisotopic (exact) mass is 685 g/mol.